The Labute approximate surface area is 151 Å². The lowest BCUT2D eigenvalue weighted by molar-refractivity contribution is 0.0909. The molecule has 0 saturated carbocycles. The molecule has 1 fully saturated rings. The van der Waals surface area contributed by atoms with E-state index in [4.69, 9.17) is 9.15 Å². The lowest BCUT2D eigenvalue weighted by atomic mass is 9.97. The molecule has 2 atom stereocenters. The number of aryl methyl sites for hydroxylation is 1. The van der Waals surface area contributed by atoms with Crippen LogP contribution in [0.3, 0.4) is 0 Å². The van der Waals surface area contributed by atoms with E-state index in [1.807, 2.05) is 43.7 Å². The number of carbonyl (C=O) groups excluding carboxylic acids is 1. The summed E-state index contributed by atoms with van der Waals surface area (Å²) in [5.74, 6) is 0.257. The molecule has 1 saturated heterocycles. The SMILES string of the molecule is Cn1cc([C@@H]2OCC[C@H]2CNC(=O)NCc2ccc3occc3c2)cn1. The first kappa shape index (κ1) is 16.7. The first-order valence-corrected chi connectivity index (χ1v) is 8.77. The molecule has 3 heterocycles. The number of benzene rings is 1. The van der Waals surface area contributed by atoms with Crippen LogP contribution in [0.1, 0.15) is 23.7 Å². The maximum atomic E-state index is 12.1. The van der Waals surface area contributed by atoms with Crippen molar-refractivity contribution in [1.29, 1.82) is 0 Å². The Bertz CT molecular complexity index is 901. The van der Waals surface area contributed by atoms with Gasteiger partial charge in [0.15, 0.2) is 0 Å². The summed E-state index contributed by atoms with van der Waals surface area (Å²) < 4.78 is 12.9. The van der Waals surface area contributed by atoms with Gasteiger partial charge >= 0.3 is 6.03 Å². The molecular weight excluding hydrogens is 332 g/mol. The molecule has 0 unspecified atom stereocenters. The molecule has 0 aliphatic carbocycles. The quantitative estimate of drug-likeness (QED) is 0.738. The number of fused-ring (bicyclic) bond motifs is 1. The van der Waals surface area contributed by atoms with Crippen LogP contribution in [0.15, 0.2) is 47.3 Å². The predicted octanol–water partition coefficient (Wildman–Crippen LogP) is 2.74. The van der Waals surface area contributed by atoms with Gasteiger partial charge in [0.25, 0.3) is 0 Å². The number of aromatic nitrogens is 2. The van der Waals surface area contributed by atoms with Crippen LogP contribution in [0, 0.1) is 5.92 Å². The number of nitrogens with one attached hydrogen (secondary N) is 2. The van der Waals surface area contributed by atoms with Crippen LogP contribution in [-0.2, 0) is 18.3 Å². The lowest BCUT2D eigenvalue weighted by Crippen LogP contribution is -2.38. The monoisotopic (exact) mass is 354 g/mol. The van der Waals surface area contributed by atoms with Crippen LogP contribution < -0.4 is 10.6 Å². The van der Waals surface area contributed by atoms with Crippen LogP contribution >= 0.6 is 0 Å². The second-order valence-electron chi connectivity index (χ2n) is 6.64. The van der Waals surface area contributed by atoms with E-state index in [2.05, 4.69) is 15.7 Å². The zero-order valence-corrected chi connectivity index (χ0v) is 14.6. The topological polar surface area (TPSA) is 81.3 Å². The third-order valence-electron chi connectivity index (χ3n) is 4.76. The molecule has 1 aliphatic rings. The lowest BCUT2D eigenvalue weighted by Gasteiger charge is -2.18. The highest BCUT2D eigenvalue weighted by atomic mass is 16.5. The summed E-state index contributed by atoms with van der Waals surface area (Å²) in [7, 11) is 1.89. The van der Waals surface area contributed by atoms with Crippen molar-refractivity contribution >= 4 is 17.0 Å². The maximum absolute atomic E-state index is 12.1. The van der Waals surface area contributed by atoms with Crippen molar-refractivity contribution in [3.8, 4) is 0 Å². The Hall–Kier alpha value is -2.80. The summed E-state index contributed by atoms with van der Waals surface area (Å²) in [6.45, 7) is 1.75. The van der Waals surface area contributed by atoms with Crippen molar-refractivity contribution < 1.29 is 13.9 Å². The largest absolute Gasteiger partial charge is 0.464 e. The van der Waals surface area contributed by atoms with E-state index >= 15 is 0 Å². The molecule has 1 aliphatic heterocycles. The Balaban J connectivity index is 1.28. The average Bonchev–Trinajstić information content (AvgIpc) is 3.37. The minimum Gasteiger partial charge on any atom is -0.464 e. The smallest absolute Gasteiger partial charge is 0.315 e. The van der Waals surface area contributed by atoms with E-state index in [-0.39, 0.29) is 18.1 Å². The number of amides is 2. The number of hydrogen-bond donors (Lipinski definition) is 2. The molecule has 1 aromatic carbocycles. The fourth-order valence-electron chi connectivity index (χ4n) is 3.39. The van der Waals surface area contributed by atoms with Gasteiger partial charge < -0.3 is 19.8 Å². The van der Waals surface area contributed by atoms with Gasteiger partial charge in [-0.1, -0.05) is 6.07 Å². The van der Waals surface area contributed by atoms with Crippen molar-refractivity contribution in [3.63, 3.8) is 0 Å². The zero-order valence-electron chi connectivity index (χ0n) is 14.6. The Morgan fingerprint density at radius 3 is 3.12 bits per heavy atom. The van der Waals surface area contributed by atoms with Gasteiger partial charge in [-0.15, -0.1) is 0 Å². The zero-order chi connectivity index (χ0) is 17.9. The molecule has 136 valence electrons. The number of urea groups is 1. The van der Waals surface area contributed by atoms with Gasteiger partial charge in [0.1, 0.15) is 5.58 Å². The third kappa shape index (κ3) is 3.57. The van der Waals surface area contributed by atoms with E-state index < -0.39 is 0 Å². The van der Waals surface area contributed by atoms with Gasteiger partial charge in [0.2, 0.25) is 0 Å². The van der Waals surface area contributed by atoms with E-state index in [0.29, 0.717) is 19.7 Å². The second kappa shape index (κ2) is 7.21. The summed E-state index contributed by atoms with van der Waals surface area (Å²) in [4.78, 5) is 12.1. The van der Waals surface area contributed by atoms with Crippen molar-refractivity contribution in [1.82, 2.24) is 20.4 Å². The van der Waals surface area contributed by atoms with Gasteiger partial charge in [-0.3, -0.25) is 4.68 Å². The fraction of sp³-hybridized carbons (Fsp3) is 0.368. The van der Waals surface area contributed by atoms with Crippen LogP contribution in [0.5, 0.6) is 0 Å². The molecule has 2 amide bonds. The van der Waals surface area contributed by atoms with Crippen LogP contribution in [0.4, 0.5) is 4.79 Å². The summed E-state index contributed by atoms with van der Waals surface area (Å²) >= 11 is 0. The molecule has 3 aromatic rings. The van der Waals surface area contributed by atoms with E-state index in [1.165, 1.54) is 0 Å². The van der Waals surface area contributed by atoms with Gasteiger partial charge in [-0.2, -0.15) is 5.10 Å². The first-order valence-electron chi connectivity index (χ1n) is 8.77. The van der Waals surface area contributed by atoms with E-state index in [1.54, 1.807) is 10.9 Å². The minimum atomic E-state index is -0.172. The molecule has 0 radical (unpaired) electrons. The third-order valence-corrected chi connectivity index (χ3v) is 4.76. The molecule has 4 rings (SSSR count). The van der Waals surface area contributed by atoms with Crippen molar-refractivity contribution in [2.45, 2.75) is 19.1 Å². The van der Waals surface area contributed by atoms with E-state index in [9.17, 15) is 4.79 Å². The molecular formula is C19H22N4O3. The van der Waals surface area contributed by atoms with Crippen LogP contribution in [0.2, 0.25) is 0 Å². The Kier molecular flexibility index (Phi) is 4.62. The highest BCUT2D eigenvalue weighted by molar-refractivity contribution is 5.78. The fourth-order valence-corrected chi connectivity index (χ4v) is 3.39. The highest BCUT2D eigenvalue weighted by Crippen LogP contribution is 2.33. The maximum Gasteiger partial charge on any atom is 0.315 e. The molecule has 7 heteroatoms. The van der Waals surface area contributed by atoms with Crippen LogP contribution in [-0.4, -0.2) is 29.0 Å². The van der Waals surface area contributed by atoms with Crippen molar-refractivity contribution in [2.75, 3.05) is 13.2 Å². The number of nitrogens with zero attached hydrogens (tertiary/aromatic N) is 2. The summed E-state index contributed by atoms with van der Waals surface area (Å²) in [5.41, 5.74) is 2.94. The second-order valence-corrected chi connectivity index (χ2v) is 6.64. The molecule has 0 bridgehead atoms. The normalized spacial score (nSPS) is 19.7. The Morgan fingerprint density at radius 1 is 1.35 bits per heavy atom. The van der Waals surface area contributed by atoms with Gasteiger partial charge in [0.05, 0.1) is 18.6 Å². The summed E-state index contributed by atoms with van der Waals surface area (Å²) in [6, 6.07) is 7.63. The predicted molar refractivity (Wildman–Crippen MR) is 96.5 cm³/mol. The number of rotatable bonds is 5. The number of furan rings is 1. The van der Waals surface area contributed by atoms with Crippen molar-refractivity contribution in [3.05, 3.63) is 54.0 Å². The molecule has 2 N–H and O–H groups in total. The molecule has 0 spiro atoms. The molecule has 2 aromatic heterocycles. The Morgan fingerprint density at radius 2 is 2.27 bits per heavy atom. The summed E-state index contributed by atoms with van der Waals surface area (Å²) in [5, 5.41) is 11.1. The van der Waals surface area contributed by atoms with Gasteiger partial charge in [0, 0.05) is 49.8 Å². The van der Waals surface area contributed by atoms with Gasteiger partial charge in [-0.25, -0.2) is 4.79 Å². The minimum absolute atomic E-state index is 0.00695. The van der Waals surface area contributed by atoms with Crippen molar-refractivity contribution in [2.24, 2.45) is 13.0 Å². The van der Waals surface area contributed by atoms with E-state index in [0.717, 1.165) is 28.5 Å². The average molecular weight is 354 g/mol. The number of carbonyl (C=O) groups is 1. The number of ether oxygens (including phenoxy) is 1. The van der Waals surface area contributed by atoms with Crippen LogP contribution in [0.25, 0.3) is 11.0 Å². The summed E-state index contributed by atoms with van der Waals surface area (Å²) in [6.07, 6.45) is 6.38. The first-order chi connectivity index (χ1) is 12.7. The highest BCUT2D eigenvalue weighted by Gasteiger charge is 2.30. The standard InChI is InChI=1S/C19H22N4O3/c1-23-12-16(11-22-23)18-15(5-7-26-18)10-21-19(24)20-9-13-2-3-17-14(8-13)4-6-25-17/h2-4,6,8,11-12,15,18H,5,7,9-10H2,1H3,(H2,20,21,24)/t15-,18+/m0/s1. The molecule has 7 nitrogen and oxygen atoms in total. The van der Waals surface area contributed by atoms with Gasteiger partial charge in [-0.05, 0) is 30.2 Å². The molecule has 26 heavy (non-hydrogen) atoms. The number of hydrogen-bond acceptors (Lipinski definition) is 4.